The van der Waals surface area contributed by atoms with Crippen LogP contribution >= 0.6 is 0 Å². The normalized spacial score (nSPS) is 11.3. The molecule has 2 aromatic carbocycles. The SMILES string of the molecule is COC(=O)CC(NC(=O)CNC(=O)c1ccc(C)cc1)c1ccccc1. The number of amides is 2. The second kappa shape index (κ2) is 9.36. The van der Waals surface area contributed by atoms with E-state index in [9.17, 15) is 14.4 Å². The first-order chi connectivity index (χ1) is 12.5. The summed E-state index contributed by atoms with van der Waals surface area (Å²) in [7, 11) is 1.30. The van der Waals surface area contributed by atoms with Crippen molar-refractivity contribution in [1.29, 1.82) is 0 Å². The molecular formula is C20H22N2O4. The van der Waals surface area contributed by atoms with Crippen molar-refractivity contribution >= 4 is 17.8 Å². The van der Waals surface area contributed by atoms with Gasteiger partial charge in [0.05, 0.1) is 26.1 Å². The number of esters is 1. The molecule has 0 spiro atoms. The van der Waals surface area contributed by atoms with Crippen molar-refractivity contribution in [2.24, 2.45) is 0 Å². The summed E-state index contributed by atoms with van der Waals surface area (Å²) in [5.74, 6) is -1.14. The molecule has 2 aromatic rings. The standard InChI is InChI=1S/C20H22N2O4/c1-14-8-10-16(11-9-14)20(25)21-13-18(23)22-17(12-19(24)26-2)15-6-4-3-5-7-15/h3-11,17H,12-13H2,1-2H3,(H,21,25)(H,22,23). The van der Waals surface area contributed by atoms with Crippen molar-refractivity contribution < 1.29 is 19.1 Å². The minimum absolute atomic E-state index is 0.0121. The van der Waals surface area contributed by atoms with Gasteiger partial charge in [0.25, 0.3) is 5.91 Å². The average molecular weight is 354 g/mol. The Bertz CT molecular complexity index is 757. The van der Waals surface area contributed by atoms with Gasteiger partial charge in [0, 0.05) is 5.56 Å². The molecule has 0 saturated carbocycles. The quantitative estimate of drug-likeness (QED) is 0.746. The minimum Gasteiger partial charge on any atom is -0.469 e. The van der Waals surface area contributed by atoms with Crippen molar-refractivity contribution in [2.45, 2.75) is 19.4 Å². The number of carbonyl (C=O) groups excluding carboxylic acids is 3. The van der Waals surface area contributed by atoms with E-state index in [-0.39, 0.29) is 24.8 Å². The summed E-state index contributed by atoms with van der Waals surface area (Å²) in [6.07, 6.45) is 0.0121. The molecule has 136 valence electrons. The Morgan fingerprint density at radius 3 is 2.27 bits per heavy atom. The van der Waals surface area contributed by atoms with Crippen molar-refractivity contribution in [1.82, 2.24) is 10.6 Å². The molecule has 0 aliphatic rings. The van der Waals surface area contributed by atoms with Crippen LogP contribution in [0, 0.1) is 6.92 Å². The van der Waals surface area contributed by atoms with Gasteiger partial charge >= 0.3 is 5.97 Å². The molecule has 2 rings (SSSR count). The molecule has 0 fully saturated rings. The van der Waals surface area contributed by atoms with Crippen molar-refractivity contribution in [3.63, 3.8) is 0 Å². The second-order valence-electron chi connectivity index (χ2n) is 5.86. The molecule has 0 bridgehead atoms. The van der Waals surface area contributed by atoms with E-state index >= 15 is 0 Å². The molecule has 0 saturated heterocycles. The van der Waals surface area contributed by atoms with Gasteiger partial charge in [0.15, 0.2) is 0 Å². The number of ether oxygens (including phenoxy) is 1. The minimum atomic E-state index is -0.521. The Morgan fingerprint density at radius 2 is 1.65 bits per heavy atom. The Hall–Kier alpha value is -3.15. The van der Waals surface area contributed by atoms with Crippen LogP contribution < -0.4 is 10.6 Å². The van der Waals surface area contributed by atoms with E-state index in [4.69, 9.17) is 0 Å². The highest BCUT2D eigenvalue weighted by Gasteiger charge is 2.19. The van der Waals surface area contributed by atoms with Crippen LogP contribution in [0.4, 0.5) is 0 Å². The number of nitrogens with one attached hydrogen (secondary N) is 2. The lowest BCUT2D eigenvalue weighted by atomic mass is 10.0. The first-order valence-corrected chi connectivity index (χ1v) is 8.25. The van der Waals surface area contributed by atoms with Gasteiger partial charge in [-0.3, -0.25) is 14.4 Å². The van der Waals surface area contributed by atoms with Crippen LogP contribution in [-0.4, -0.2) is 31.4 Å². The number of aryl methyl sites for hydroxylation is 1. The zero-order chi connectivity index (χ0) is 18.9. The van der Waals surface area contributed by atoms with Gasteiger partial charge < -0.3 is 15.4 Å². The fraction of sp³-hybridized carbons (Fsp3) is 0.250. The first kappa shape index (κ1) is 19.2. The molecule has 6 nitrogen and oxygen atoms in total. The lowest BCUT2D eigenvalue weighted by Crippen LogP contribution is -2.39. The zero-order valence-electron chi connectivity index (χ0n) is 14.8. The molecule has 0 aromatic heterocycles. The molecule has 0 aliphatic carbocycles. The summed E-state index contributed by atoms with van der Waals surface area (Å²) in [6.45, 7) is 1.75. The third kappa shape index (κ3) is 5.73. The number of carbonyl (C=O) groups is 3. The third-order valence-corrected chi connectivity index (χ3v) is 3.86. The predicted molar refractivity (Wildman–Crippen MR) is 97.5 cm³/mol. The van der Waals surface area contributed by atoms with Gasteiger partial charge in [-0.25, -0.2) is 0 Å². The topological polar surface area (TPSA) is 84.5 Å². The van der Waals surface area contributed by atoms with Crippen LogP contribution in [0.15, 0.2) is 54.6 Å². The third-order valence-electron chi connectivity index (χ3n) is 3.86. The first-order valence-electron chi connectivity index (χ1n) is 8.25. The second-order valence-corrected chi connectivity index (χ2v) is 5.86. The van der Waals surface area contributed by atoms with Gasteiger partial charge in [0.1, 0.15) is 0 Å². The van der Waals surface area contributed by atoms with Crippen molar-refractivity contribution in [3.05, 3.63) is 71.3 Å². The van der Waals surface area contributed by atoms with Crippen LogP contribution in [0.1, 0.15) is 33.9 Å². The smallest absolute Gasteiger partial charge is 0.307 e. The van der Waals surface area contributed by atoms with E-state index in [1.807, 2.05) is 49.4 Å². The van der Waals surface area contributed by atoms with E-state index < -0.39 is 12.0 Å². The van der Waals surface area contributed by atoms with Crippen LogP contribution in [-0.2, 0) is 14.3 Å². The number of rotatable bonds is 7. The summed E-state index contributed by atoms with van der Waals surface area (Å²) in [5, 5.41) is 5.34. The van der Waals surface area contributed by atoms with Crippen LogP contribution in [0.25, 0.3) is 0 Å². The highest BCUT2D eigenvalue weighted by Crippen LogP contribution is 2.16. The number of hydrogen-bond acceptors (Lipinski definition) is 4. The van der Waals surface area contributed by atoms with Gasteiger partial charge in [-0.15, -0.1) is 0 Å². The largest absolute Gasteiger partial charge is 0.469 e. The molecular weight excluding hydrogens is 332 g/mol. The molecule has 2 amide bonds. The molecule has 0 radical (unpaired) electrons. The van der Waals surface area contributed by atoms with Crippen molar-refractivity contribution in [2.75, 3.05) is 13.7 Å². The molecule has 26 heavy (non-hydrogen) atoms. The summed E-state index contributed by atoms with van der Waals surface area (Å²) in [6, 6.07) is 15.7. The van der Waals surface area contributed by atoms with Crippen LogP contribution in [0.3, 0.4) is 0 Å². The van der Waals surface area contributed by atoms with Crippen LogP contribution in [0.5, 0.6) is 0 Å². The maximum atomic E-state index is 12.2. The highest BCUT2D eigenvalue weighted by molar-refractivity contribution is 5.96. The number of methoxy groups -OCH3 is 1. The monoisotopic (exact) mass is 354 g/mol. The number of benzene rings is 2. The van der Waals surface area contributed by atoms with Crippen molar-refractivity contribution in [3.8, 4) is 0 Å². The molecule has 2 N–H and O–H groups in total. The fourth-order valence-corrected chi connectivity index (χ4v) is 2.40. The average Bonchev–Trinajstić information content (AvgIpc) is 2.66. The molecule has 0 heterocycles. The van der Waals surface area contributed by atoms with Gasteiger partial charge in [-0.1, -0.05) is 48.0 Å². The summed E-state index contributed by atoms with van der Waals surface area (Å²) < 4.78 is 4.69. The van der Waals surface area contributed by atoms with E-state index in [1.165, 1.54) is 7.11 Å². The van der Waals surface area contributed by atoms with Gasteiger partial charge in [-0.05, 0) is 24.6 Å². The lowest BCUT2D eigenvalue weighted by Gasteiger charge is -2.18. The molecule has 1 unspecified atom stereocenters. The molecule has 0 aliphatic heterocycles. The Kier molecular flexibility index (Phi) is 6.91. The van der Waals surface area contributed by atoms with E-state index in [1.54, 1.807) is 12.1 Å². The number of hydrogen-bond donors (Lipinski definition) is 2. The zero-order valence-corrected chi connectivity index (χ0v) is 14.8. The van der Waals surface area contributed by atoms with E-state index in [0.29, 0.717) is 5.56 Å². The predicted octanol–water partition coefficient (Wildman–Crippen LogP) is 2.15. The fourth-order valence-electron chi connectivity index (χ4n) is 2.40. The van der Waals surface area contributed by atoms with E-state index in [2.05, 4.69) is 15.4 Å². The maximum absolute atomic E-state index is 12.2. The Balaban J connectivity index is 1.95. The van der Waals surface area contributed by atoms with Crippen LogP contribution in [0.2, 0.25) is 0 Å². The van der Waals surface area contributed by atoms with Gasteiger partial charge in [-0.2, -0.15) is 0 Å². The summed E-state index contributed by atoms with van der Waals surface area (Å²) >= 11 is 0. The summed E-state index contributed by atoms with van der Waals surface area (Å²) in [4.78, 5) is 35.9. The molecule has 6 heteroatoms. The Labute approximate surface area is 152 Å². The lowest BCUT2D eigenvalue weighted by molar-refractivity contribution is -0.141. The molecule has 1 atom stereocenters. The van der Waals surface area contributed by atoms with Gasteiger partial charge in [0.2, 0.25) is 5.91 Å². The maximum Gasteiger partial charge on any atom is 0.307 e. The van der Waals surface area contributed by atoms with E-state index in [0.717, 1.165) is 11.1 Å². The summed E-state index contributed by atoms with van der Waals surface area (Å²) in [5.41, 5.74) is 2.32. The Morgan fingerprint density at radius 1 is 1.00 bits per heavy atom. The highest BCUT2D eigenvalue weighted by atomic mass is 16.5.